The third-order valence-electron chi connectivity index (χ3n) is 5.53. The smallest absolute Gasteiger partial charge is 0.306 e. The Balaban J connectivity index is 3.29. The maximum atomic E-state index is 11.8. The molecule has 0 fully saturated rings. The van der Waals surface area contributed by atoms with Crippen LogP contribution >= 0.6 is 11.8 Å². The first-order valence-corrected chi connectivity index (χ1v) is 14.5. The van der Waals surface area contributed by atoms with Gasteiger partial charge in [-0.2, -0.15) is 11.8 Å². The molecule has 33 heavy (non-hydrogen) atoms. The van der Waals surface area contributed by atoms with Crippen LogP contribution in [-0.2, 0) is 19.1 Å². The number of unbranched alkanes of at least 4 members (excludes halogenated alkanes) is 14. The van der Waals surface area contributed by atoms with Gasteiger partial charge in [-0.15, -0.1) is 13.2 Å². The number of ether oxygens (including phenoxy) is 2. The van der Waals surface area contributed by atoms with Gasteiger partial charge in [0.2, 0.25) is 0 Å². The second-order valence-corrected chi connectivity index (χ2v) is 9.88. The number of hydrogen-bond acceptors (Lipinski definition) is 5. The van der Waals surface area contributed by atoms with Crippen molar-refractivity contribution in [1.82, 2.24) is 0 Å². The van der Waals surface area contributed by atoms with E-state index in [0.29, 0.717) is 37.6 Å². The average Bonchev–Trinajstić information content (AvgIpc) is 2.81. The van der Waals surface area contributed by atoms with Gasteiger partial charge < -0.3 is 9.47 Å². The van der Waals surface area contributed by atoms with Gasteiger partial charge >= 0.3 is 11.9 Å². The number of carbonyl (C=O) groups is 2. The van der Waals surface area contributed by atoms with E-state index in [2.05, 4.69) is 13.2 Å². The van der Waals surface area contributed by atoms with E-state index < -0.39 is 0 Å². The van der Waals surface area contributed by atoms with Crippen molar-refractivity contribution >= 4 is 23.7 Å². The Kier molecular flexibility index (Phi) is 26.0. The van der Waals surface area contributed by atoms with Crippen LogP contribution in [0.2, 0.25) is 0 Å². The zero-order chi connectivity index (χ0) is 24.2. The Morgan fingerprint density at radius 2 is 0.879 bits per heavy atom. The predicted molar refractivity (Wildman–Crippen MR) is 143 cm³/mol. The van der Waals surface area contributed by atoms with Crippen LogP contribution in [0.4, 0.5) is 0 Å². The van der Waals surface area contributed by atoms with Crippen LogP contribution < -0.4 is 0 Å². The van der Waals surface area contributed by atoms with Gasteiger partial charge in [-0.3, -0.25) is 9.59 Å². The molecule has 0 spiro atoms. The van der Waals surface area contributed by atoms with Crippen LogP contribution in [-0.4, -0.2) is 36.7 Å². The van der Waals surface area contributed by atoms with Gasteiger partial charge in [-0.25, -0.2) is 0 Å². The second-order valence-electron chi connectivity index (χ2n) is 8.66. The van der Waals surface area contributed by atoms with E-state index in [1.54, 1.807) is 11.8 Å². The minimum Gasteiger partial charge on any atom is -0.466 e. The number of carbonyl (C=O) groups excluding carboxylic acids is 2. The largest absolute Gasteiger partial charge is 0.466 e. The highest BCUT2D eigenvalue weighted by Crippen LogP contribution is 2.11. The summed E-state index contributed by atoms with van der Waals surface area (Å²) in [4.78, 5) is 23.5. The first kappa shape index (κ1) is 31.8. The molecule has 0 aromatic rings. The van der Waals surface area contributed by atoms with E-state index in [1.165, 1.54) is 64.2 Å². The lowest BCUT2D eigenvalue weighted by Gasteiger charge is -2.06. The first-order chi connectivity index (χ1) is 16.2. The molecular formula is C28H50O4S. The molecule has 0 amide bonds. The summed E-state index contributed by atoms with van der Waals surface area (Å²) in [6, 6.07) is 0. The number of allylic oxidation sites excluding steroid dienone is 2. The Labute approximate surface area is 208 Å². The second kappa shape index (κ2) is 27.0. The summed E-state index contributed by atoms with van der Waals surface area (Å²) in [7, 11) is 0. The molecule has 5 heteroatoms. The summed E-state index contributed by atoms with van der Waals surface area (Å²) in [5, 5.41) is 0. The molecule has 0 atom stereocenters. The molecule has 0 radical (unpaired) electrons. The van der Waals surface area contributed by atoms with Crippen molar-refractivity contribution in [3.05, 3.63) is 25.3 Å². The molecule has 0 heterocycles. The molecule has 192 valence electrons. The summed E-state index contributed by atoms with van der Waals surface area (Å²) < 4.78 is 10.6. The Morgan fingerprint density at radius 1 is 0.545 bits per heavy atom. The fourth-order valence-electron chi connectivity index (χ4n) is 3.48. The van der Waals surface area contributed by atoms with Crippen LogP contribution in [0.25, 0.3) is 0 Å². The van der Waals surface area contributed by atoms with E-state index in [-0.39, 0.29) is 11.9 Å². The predicted octanol–water partition coefficient (Wildman–Crippen LogP) is 8.20. The molecule has 0 bridgehead atoms. The Bertz CT molecular complexity index is 437. The zero-order valence-corrected chi connectivity index (χ0v) is 22.0. The first-order valence-electron chi connectivity index (χ1n) is 13.3. The van der Waals surface area contributed by atoms with Crippen molar-refractivity contribution in [3.63, 3.8) is 0 Å². The standard InChI is InChI=1S/C28H50O4S/c1-3-5-7-9-11-13-15-17-19-23-31-27(29)21-25-33-26-22-28(30)32-24-20-18-16-14-12-10-8-6-4-2/h3-4H,1-2,5-26H2. The highest BCUT2D eigenvalue weighted by atomic mass is 32.2. The molecule has 0 aromatic carbocycles. The summed E-state index contributed by atoms with van der Waals surface area (Å²) in [6.45, 7) is 8.54. The number of thioether (sulfide) groups is 1. The molecule has 0 aliphatic rings. The normalized spacial score (nSPS) is 10.7. The van der Waals surface area contributed by atoms with Gasteiger partial charge in [0, 0.05) is 11.5 Å². The summed E-state index contributed by atoms with van der Waals surface area (Å²) >= 11 is 1.61. The van der Waals surface area contributed by atoms with Crippen LogP contribution in [0.15, 0.2) is 25.3 Å². The van der Waals surface area contributed by atoms with Crippen molar-refractivity contribution in [2.75, 3.05) is 24.7 Å². The van der Waals surface area contributed by atoms with Crippen LogP contribution in [0, 0.1) is 0 Å². The minimum absolute atomic E-state index is 0.129. The summed E-state index contributed by atoms with van der Waals surface area (Å²) in [6.07, 6.45) is 23.8. The molecular weight excluding hydrogens is 432 g/mol. The number of hydrogen-bond donors (Lipinski definition) is 0. The molecule has 0 N–H and O–H groups in total. The molecule has 4 nitrogen and oxygen atoms in total. The lowest BCUT2D eigenvalue weighted by atomic mass is 10.1. The lowest BCUT2D eigenvalue weighted by Crippen LogP contribution is -2.09. The molecule has 0 aromatic heterocycles. The molecule has 0 saturated heterocycles. The molecule has 0 unspecified atom stereocenters. The van der Waals surface area contributed by atoms with Crippen molar-refractivity contribution in [2.45, 2.75) is 116 Å². The van der Waals surface area contributed by atoms with Crippen LogP contribution in [0.1, 0.15) is 116 Å². The van der Waals surface area contributed by atoms with Gasteiger partial charge in [-0.05, 0) is 38.5 Å². The summed E-state index contributed by atoms with van der Waals surface area (Å²) in [5.74, 6) is 1.14. The lowest BCUT2D eigenvalue weighted by molar-refractivity contribution is -0.144. The van der Waals surface area contributed by atoms with E-state index in [0.717, 1.165) is 38.5 Å². The van der Waals surface area contributed by atoms with E-state index in [9.17, 15) is 9.59 Å². The third-order valence-corrected chi connectivity index (χ3v) is 6.52. The van der Waals surface area contributed by atoms with E-state index in [4.69, 9.17) is 9.47 Å². The summed E-state index contributed by atoms with van der Waals surface area (Å²) in [5.41, 5.74) is 0. The Morgan fingerprint density at radius 3 is 1.24 bits per heavy atom. The molecule has 0 aliphatic carbocycles. The monoisotopic (exact) mass is 482 g/mol. The minimum atomic E-state index is -0.129. The number of rotatable bonds is 26. The maximum absolute atomic E-state index is 11.8. The number of esters is 2. The van der Waals surface area contributed by atoms with Crippen molar-refractivity contribution in [1.29, 1.82) is 0 Å². The van der Waals surface area contributed by atoms with Gasteiger partial charge in [-0.1, -0.05) is 76.4 Å². The van der Waals surface area contributed by atoms with E-state index in [1.807, 2.05) is 12.2 Å². The van der Waals surface area contributed by atoms with Crippen LogP contribution in [0.3, 0.4) is 0 Å². The van der Waals surface area contributed by atoms with Gasteiger partial charge in [0.1, 0.15) is 0 Å². The highest BCUT2D eigenvalue weighted by molar-refractivity contribution is 7.99. The van der Waals surface area contributed by atoms with Gasteiger partial charge in [0.25, 0.3) is 0 Å². The SMILES string of the molecule is C=CCCCCCCCCCOC(=O)CCSCCC(=O)OCCCCCCCCCC=C. The average molecular weight is 483 g/mol. The quantitative estimate of drug-likeness (QED) is 0.0706. The van der Waals surface area contributed by atoms with Gasteiger partial charge in [0.15, 0.2) is 0 Å². The van der Waals surface area contributed by atoms with Crippen molar-refractivity contribution in [3.8, 4) is 0 Å². The Hall–Kier alpha value is -1.23. The molecule has 0 rings (SSSR count). The fraction of sp³-hybridized carbons (Fsp3) is 0.786. The van der Waals surface area contributed by atoms with Gasteiger partial charge in [0.05, 0.1) is 26.1 Å². The zero-order valence-electron chi connectivity index (χ0n) is 21.2. The van der Waals surface area contributed by atoms with E-state index >= 15 is 0 Å². The van der Waals surface area contributed by atoms with Crippen molar-refractivity contribution < 1.29 is 19.1 Å². The van der Waals surface area contributed by atoms with Crippen molar-refractivity contribution in [2.24, 2.45) is 0 Å². The third kappa shape index (κ3) is 26.9. The maximum Gasteiger partial charge on any atom is 0.306 e. The van der Waals surface area contributed by atoms with Crippen LogP contribution in [0.5, 0.6) is 0 Å². The highest BCUT2D eigenvalue weighted by Gasteiger charge is 2.05. The molecule has 0 aliphatic heterocycles. The topological polar surface area (TPSA) is 52.6 Å². The fourth-order valence-corrected chi connectivity index (χ4v) is 4.30. The molecule has 0 saturated carbocycles.